The molecule has 0 aliphatic carbocycles. The number of nitrogens with zero attached hydrogens (tertiary/aromatic N) is 3. The van der Waals surface area contributed by atoms with Gasteiger partial charge in [0, 0.05) is 44.4 Å². The molecule has 2 N–H and O–H groups in total. The molecule has 2 aromatic heterocycles. The van der Waals surface area contributed by atoms with Crippen LogP contribution in [0.5, 0.6) is 5.75 Å². The van der Waals surface area contributed by atoms with Crippen LogP contribution in [0.1, 0.15) is 18.4 Å². The highest BCUT2D eigenvalue weighted by Crippen LogP contribution is 2.24. The van der Waals surface area contributed by atoms with Gasteiger partial charge in [-0.15, -0.1) is 0 Å². The molecule has 29 heavy (non-hydrogen) atoms. The van der Waals surface area contributed by atoms with E-state index in [0.717, 1.165) is 55.4 Å². The van der Waals surface area contributed by atoms with Crippen molar-refractivity contribution in [1.29, 1.82) is 0 Å². The molecule has 1 saturated heterocycles. The molecule has 0 saturated carbocycles. The van der Waals surface area contributed by atoms with Gasteiger partial charge in [-0.2, -0.15) is 0 Å². The van der Waals surface area contributed by atoms with Gasteiger partial charge in [0.15, 0.2) is 5.82 Å². The average Bonchev–Trinajstić information content (AvgIpc) is 3.30. The van der Waals surface area contributed by atoms with Crippen molar-refractivity contribution in [2.75, 3.05) is 37.9 Å². The maximum atomic E-state index is 5.48. The molecule has 4 rings (SSSR count). The van der Waals surface area contributed by atoms with Gasteiger partial charge < -0.3 is 19.8 Å². The van der Waals surface area contributed by atoms with E-state index in [1.807, 2.05) is 31.3 Å². The van der Waals surface area contributed by atoms with Crippen molar-refractivity contribution in [2.45, 2.75) is 25.4 Å². The first-order chi connectivity index (χ1) is 14.2. The molecule has 7 nitrogen and oxygen atoms in total. The van der Waals surface area contributed by atoms with Gasteiger partial charge in [-0.05, 0) is 25.0 Å². The number of hydrogen-bond acceptors (Lipinski definition) is 7. The lowest BCUT2D eigenvalue weighted by molar-refractivity contribution is 0.209. The number of aromatic nitrogens is 2. The first-order valence-corrected chi connectivity index (χ1v) is 9.95. The van der Waals surface area contributed by atoms with Crippen molar-refractivity contribution >= 4 is 11.6 Å². The fourth-order valence-corrected chi connectivity index (χ4v) is 3.69. The number of rotatable bonds is 7. The Bertz CT molecular complexity index is 921. The molecule has 1 aliphatic heterocycles. The summed E-state index contributed by atoms with van der Waals surface area (Å²) >= 11 is 0. The van der Waals surface area contributed by atoms with Crippen LogP contribution in [0.3, 0.4) is 0 Å². The second kappa shape index (κ2) is 8.96. The largest absolute Gasteiger partial charge is 0.496 e. The van der Waals surface area contributed by atoms with Crippen LogP contribution in [0, 0.1) is 0 Å². The second-order valence-electron chi connectivity index (χ2n) is 7.23. The van der Waals surface area contributed by atoms with Gasteiger partial charge in [-0.1, -0.05) is 18.2 Å². The van der Waals surface area contributed by atoms with E-state index in [4.69, 9.17) is 9.15 Å². The lowest BCUT2D eigenvalue weighted by Gasteiger charge is -2.33. The fraction of sp³-hybridized carbons (Fsp3) is 0.364. The zero-order valence-corrected chi connectivity index (χ0v) is 16.9. The van der Waals surface area contributed by atoms with Gasteiger partial charge in [-0.25, -0.2) is 9.97 Å². The van der Waals surface area contributed by atoms with E-state index in [1.165, 1.54) is 5.56 Å². The molecule has 3 aromatic rings. The Balaban J connectivity index is 1.38. The predicted molar refractivity (Wildman–Crippen MR) is 114 cm³/mol. The van der Waals surface area contributed by atoms with Crippen LogP contribution < -0.4 is 15.4 Å². The van der Waals surface area contributed by atoms with Crippen molar-refractivity contribution in [2.24, 2.45) is 0 Å². The summed E-state index contributed by atoms with van der Waals surface area (Å²) in [6.45, 7) is 2.99. The topological polar surface area (TPSA) is 75.5 Å². The first-order valence-electron chi connectivity index (χ1n) is 9.95. The van der Waals surface area contributed by atoms with Gasteiger partial charge in [0.1, 0.15) is 23.6 Å². The van der Waals surface area contributed by atoms with E-state index in [1.54, 1.807) is 19.6 Å². The van der Waals surface area contributed by atoms with Gasteiger partial charge in [-0.3, -0.25) is 4.90 Å². The number of furan rings is 1. The average molecular weight is 393 g/mol. The van der Waals surface area contributed by atoms with Crippen molar-refractivity contribution in [3.05, 3.63) is 54.5 Å². The zero-order chi connectivity index (χ0) is 20.1. The highest BCUT2D eigenvalue weighted by Gasteiger charge is 2.21. The third-order valence-corrected chi connectivity index (χ3v) is 5.29. The van der Waals surface area contributed by atoms with Gasteiger partial charge in [0.2, 0.25) is 0 Å². The second-order valence-corrected chi connectivity index (χ2v) is 7.23. The summed E-state index contributed by atoms with van der Waals surface area (Å²) in [5.74, 6) is 3.23. The van der Waals surface area contributed by atoms with Crippen molar-refractivity contribution in [3.8, 4) is 17.1 Å². The highest BCUT2D eigenvalue weighted by atomic mass is 16.5. The van der Waals surface area contributed by atoms with E-state index in [0.29, 0.717) is 11.9 Å². The molecule has 0 bridgehead atoms. The predicted octanol–water partition coefficient (Wildman–Crippen LogP) is 3.86. The SMILES string of the molecule is CNc1cc(NC2CCN(Cc3ccccc3OC)CC2)nc(-c2ccoc2)n1. The Labute approximate surface area is 171 Å². The zero-order valence-electron chi connectivity index (χ0n) is 16.9. The number of likely N-dealkylation sites (tertiary alicyclic amines) is 1. The third-order valence-electron chi connectivity index (χ3n) is 5.29. The molecule has 0 radical (unpaired) electrons. The van der Waals surface area contributed by atoms with E-state index in [2.05, 4.69) is 37.6 Å². The molecule has 1 fully saturated rings. The van der Waals surface area contributed by atoms with E-state index < -0.39 is 0 Å². The van der Waals surface area contributed by atoms with E-state index in [-0.39, 0.29) is 0 Å². The molecular weight excluding hydrogens is 366 g/mol. The number of anilines is 2. The number of piperidine rings is 1. The number of nitrogens with one attached hydrogen (secondary N) is 2. The number of hydrogen-bond donors (Lipinski definition) is 2. The van der Waals surface area contributed by atoms with E-state index >= 15 is 0 Å². The summed E-state index contributed by atoms with van der Waals surface area (Å²) in [5, 5.41) is 6.70. The van der Waals surface area contributed by atoms with Crippen LogP contribution in [-0.2, 0) is 6.54 Å². The third kappa shape index (κ3) is 4.68. The minimum absolute atomic E-state index is 0.390. The van der Waals surface area contributed by atoms with Crippen molar-refractivity contribution < 1.29 is 9.15 Å². The minimum Gasteiger partial charge on any atom is -0.496 e. The molecular formula is C22H27N5O2. The standard InChI is InChI=1S/C22H27N5O2/c1-23-20-13-21(26-22(25-20)17-9-12-29-15-17)24-18-7-10-27(11-8-18)14-16-5-3-4-6-19(16)28-2/h3-6,9,12-13,15,18H,7-8,10-11,14H2,1-2H3,(H2,23,24,25,26). The maximum Gasteiger partial charge on any atom is 0.167 e. The van der Waals surface area contributed by atoms with Crippen LogP contribution in [0.4, 0.5) is 11.6 Å². The molecule has 1 aromatic carbocycles. The van der Waals surface area contributed by atoms with Crippen LogP contribution in [0.25, 0.3) is 11.4 Å². The Morgan fingerprint density at radius 3 is 2.66 bits per heavy atom. The maximum absolute atomic E-state index is 5.48. The van der Waals surface area contributed by atoms with E-state index in [9.17, 15) is 0 Å². The Kier molecular flexibility index (Phi) is 5.95. The summed E-state index contributed by atoms with van der Waals surface area (Å²) in [6.07, 6.45) is 5.42. The fourth-order valence-electron chi connectivity index (χ4n) is 3.69. The van der Waals surface area contributed by atoms with Crippen LogP contribution in [0.2, 0.25) is 0 Å². The highest BCUT2D eigenvalue weighted by molar-refractivity contribution is 5.60. The first kappa shape index (κ1) is 19.3. The lowest BCUT2D eigenvalue weighted by Crippen LogP contribution is -2.38. The summed E-state index contributed by atoms with van der Waals surface area (Å²) in [4.78, 5) is 11.7. The summed E-state index contributed by atoms with van der Waals surface area (Å²) in [7, 11) is 3.59. The quantitative estimate of drug-likeness (QED) is 0.631. The van der Waals surface area contributed by atoms with Crippen LogP contribution in [0.15, 0.2) is 53.3 Å². The van der Waals surface area contributed by atoms with Crippen molar-refractivity contribution in [3.63, 3.8) is 0 Å². The number of para-hydroxylation sites is 1. The Morgan fingerprint density at radius 1 is 1.14 bits per heavy atom. The molecule has 3 heterocycles. The normalized spacial score (nSPS) is 15.2. The molecule has 0 atom stereocenters. The molecule has 0 unspecified atom stereocenters. The molecule has 0 amide bonds. The number of methoxy groups -OCH3 is 1. The van der Waals surface area contributed by atoms with Gasteiger partial charge in [0.05, 0.1) is 18.9 Å². The van der Waals surface area contributed by atoms with Crippen LogP contribution in [-0.4, -0.2) is 48.2 Å². The lowest BCUT2D eigenvalue weighted by atomic mass is 10.0. The van der Waals surface area contributed by atoms with Crippen molar-refractivity contribution in [1.82, 2.24) is 14.9 Å². The molecule has 0 spiro atoms. The number of ether oxygens (including phenoxy) is 1. The molecule has 7 heteroatoms. The van der Waals surface area contributed by atoms with Gasteiger partial charge in [0.25, 0.3) is 0 Å². The molecule has 152 valence electrons. The Morgan fingerprint density at radius 2 is 1.93 bits per heavy atom. The van der Waals surface area contributed by atoms with Gasteiger partial charge >= 0.3 is 0 Å². The summed E-state index contributed by atoms with van der Waals surface area (Å²) in [6, 6.07) is 12.5. The smallest absolute Gasteiger partial charge is 0.167 e. The minimum atomic E-state index is 0.390. The van der Waals surface area contributed by atoms with Crippen LogP contribution >= 0.6 is 0 Å². The molecule has 1 aliphatic rings. The summed E-state index contributed by atoms with van der Waals surface area (Å²) in [5.41, 5.74) is 2.11. The monoisotopic (exact) mass is 393 g/mol. The Hall–Kier alpha value is -3.06. The number of benzene rings is 1. The summed E-state index contributed by atoms with van der Waals surface area (Å²) < 4.78 is 10.7.